The smallest absolute Gasteiger partial charge is 0.225 e. The monoisotopic (exact) mass is 327 g/mol. The van der Waals surface area contributed by atoms with E-state index in [1.807, 2.05) is 0 Å². The van der Waals surface area contributed by atoms with Crippen molar-refractivity contribution in [3.63, 3.8) is 0 Å². The average Bonchev–Trinajstić information content (AvgIpc) is 3.48. The molecule has 4 heteroatoms. The maximum absolute atomic E-state index is 12.3. The Labute approximate surface area is 145 Å². The van der Waals surface area contributed by atoms with Crippen LogP contribution in [0, 0.1) is 5.92 Å². The molecule has 4 nitrogen and oxygen atoms in total. The number of piperidine rings is 1. The van der Waals surface area contributed by atoms with Crippen molar-refractivity contribution in [3.8, 4) is 0 Å². The first-order chi connectivity index (χ1) is 11.7. The maximum Gasteiger partial charge on any atom is 0.225 e. The molecule has 0 spiro atoms. The number of hydrogen-bond acceptors (Lipinski definition) is 3. The normalized spacial score (nSPS) is 25.6. The zero-order chi connectivity index (χ0) is 16.6. The van der Waals surface area contributed by atoms with E-state index >= 15 is 0 Å². The van der Waals surface area contributed by atoms with Crippen molar-refractivity contribution in [2.24, 2.45) is 5.92 Å². The van der Waals surface area contributed by atoms with Gasteiger partial charge < -0.3 is 9.80 Å². The van der Waals surface area contributed by atoms with Crippen LogP contribution in [0.25, 0.3) is 0 Å². The summed E-state index contributed by atoms with van der Waals surface area (Å²) in [6, 6.07) is 11.0. The molecule has 1 saturated carbocycles. The minimum absolute atomic E-state index is 0.155. The Kier molecular flexibility index (Phi) is 4.35. The van der Waals surface area contributed by atoms with E-state index in [9.17, 15) is 4.79 Å². The zero-order valence-corrected chi connectivity index (χ0v) is 14.8. The third-order valence-corrected chi connectivity index (χ3v) is 6.25. The highest BCUT2D eigenvalue weighted by Crippen LogP contribution is 2.39. The number of hydrogen-bond donors (Lipinski definition) is 0. The molecule has 2 aliphatic heterocycles. The molecule has 4 rings (SSSR count). The van der Waals surface area contributed by atoms with Gasteiger partial charge >= 0.3 is 0 Å². The number of amides is 1. The van der Waals surface area contributed by atoms with Crippen LogP contribution in [0.3, 0.4) is 0 Å². The van der Waals surface area contributed by atoms with Crippen LogP contribution in [0.1, 0.15) is 31.2 Å². The summed E-state index contributed by atoms with van der Waals surface area (Å²) in [5, 5.41) is 0. The number of piperazine rings is 1. The Morgan fingerprint density at radius 1 is 0.958 bits per heavy atom. The van der Waals surface area contributed by atoms with Crippen LogP contribution in [0.5, 0.6) is 0 Å². The Hall–Kier alpha value is -1.39. The van der Waals surface area contributed by atoms with E-state index in [1.165, 1.54) is 18.4 Å². The molecule has 2 saturated heterocycles. The van der Waals surface area contributed by atoms with Crippen molar-refractivity contribution < 1.29 is 4.79 Å². The first-order valence-corrected chi connectivity index (χ1v) is 9.47. The predicted molar refractivity (Wildman–Crippen MR) is 95.7 cm³/mol. The lowest BCUT2D eigenvalue weighted by molar-refractivity contribution is -0.136. The highest BCUT2D eigenvalue weighted by Gasteiger charge is 2.43. The van der Waals surface area contributed by atoms with E-state index in [2.05, 4.69) is 52.1 Å². The first kappa shape index (κ1) is 16.1. The van der Waals surface area contributed by atoms with Gasteiger partial charge in [-0.1, -0.05) is 30.3 Å². The van der Waals surface area contributed by atoms with Gasteiger partial charge in [-0.05, 0) is 51.4 Å². The van der Waals surface area contributed by atoms with Crippen molar-refractivity contribution in [1.29, 1.82) is 0 Å². The highest BCUT2D eigenvalue weighted by atomic mass is 16.2. The molecular weight excluding hydrogens is 298 g/mol. The van der Waals surface area contributed by atoms with E-state index in [0.717, 1.165) is 52.1 Å². The molecule has 1 aromatic rings. The third kappa shape index (κ3) is 2.98. The van der Waals surface area contributed by atoms with Crippen molar-refractivity contribution in [1.82, 2.24) is 14.7 Å². The third-order valence-electron chi connectivity index (χ3n) is 6.25. The lowest BCUT2D eigenvalue weighted by atomic mass is 9.79. The lowest BCUT2D eigenvalue weighted by Crippen LogP contribution is -2.59. The summed E-state index contributed by atoms with van der Waals surface area (Å²) in [5.41, 5.74) is 1.61. The van der Waals surface area contributed by atoms with Crippen molar-refractivity contribution in [2.45, 2.75) is 31.2 Å². The fourth-order valence-corrected chi connectivity index (χ4v) is 4.47. The minimum atomic E-state index is 0.155. The van der Waals surface area contributed by atoms with E-state index in [4.69, 9.17) is 0 Å². The molecule has 0 N–H and O–H groups in total. The molecule has 0 unspecified atom stereocenters. The zero-order valence-electron chi connectivity index (χ0n) is 14.8. The van der Waals surface area contributed by atoms with Crippen LogP contribution < -0.4 is 0 Å². The Morgan fingerprint density at radius 3 is 2.17 bits per heavy atom. The van der Waals surface area contributed by atoms with E-state index in [-0.39, 0.29) is 5.54 Å². The molecular formula is C20H29N3O. The van der Waals surface area contributed by atoms with Gasteiger partial charge in [0.25, 0.3) is 0 Å². The number of nitrogens with zero attached hydrogens (tertiary/aromatic N) is 3. The van der Waals surface area contributed by atoms with Crippen LogP contribution in [-0.4, -0.2) is 66.9 Å². The van der Waals surface area contributed by atoms with Gasteiger partial charge in [0.2, 0.25) is 5.91 Å². The maximum atomic E-state index is 12.3. The van der Waals surface area contributed by atoms with Gasteiger partial charge in [0.05, 0.1) is 0 Å². The van der Waals surface area contributed by atoms with Crippen LogP contribution in [0.15, 0.2) is 30.3 Å². The van der Waals surface area contributed by atoms with E-state index in [0.29, 0.717) is 11.8 Å². The van der Waals surface area contributed by atoms with Crippen molar-refractivity contribution in [2.75, 3.05) is 46.3 Å². The SMILES string of the molecule is CN1CCC(c2ccccc2)(N2CCN(C(=O)C3CC3)CC2)CC1. The number of carbonyl (C=O) groups excluding carboxylic acids is 1. The summed E-state index contributed by atoms with van der Waals surface area (Å²) >= 11 is 0. The van der Waals surface area contributed by atoms with Crippen LogP contribution in [-0.2, 0) is 10.3 Å². The Morgan fingerprint density at radius 2 is 1.58 bits per heavy atom. The molecule has 1 aromatic carbocycles. The van der Waals surface area contributed by atoms with Gasteiger partial charge in [0.1, 0.15) is 0 Å². The predicted octanol–water partition coefficient (Wildman–Crippen LogP) is 2.16. The fourth-order valence-electron chi connectivity index (χ4n) is 4.47. The number of benzene rings is 1. The van der Waals surface area contributed by atoms with E-state index < -0.39 is 0 Å². The second-order valence-electron chi connectivity index (χ2n) is 7.79. The molecule has 0 radical (unpaired) electrons. The standard InChI is InChI=1S/C20H29N3O/c1-21-11-9-20(10-12-21,18-5-3-2-4-6-18)23-15-13-22(14-16-23)19(24)17-7-8-17/h2-6,17H,7-16H2,1H3. The molecule has 0 bridgehead atoms. The summed E-state index contributed by atoms with van der Waals surface area (Å²) in [7, 11) is 2.22. The van der Waals surface area contributed by atoms with E-state index in [1.54, 1.807) is 0 Å². The van der Waals surface area contributed by atoms with Crippen LogP contribution >= 0.6 is 0 Å². The second kappa shape index (κ2) is 6.49. The quantitative estimate of drug-likeness (QED) is 0.851. The molecule has 0 aromatic heterocycles. The van der Waals surface area contributed by atoms with Crippen LogP contribution in [0.2, 0.25) is 0 Å². The summed E-state index contributed by atoms with van der Waals surface area (Å²) < 4.78 is 0. The largest absolute Gasteiger partial charge is 0.340 e. The molecule has 2 heterocycles. The molecule has 1 aliphatic carbocycles. The lowest BCUT2D eigenvalue weighted by Gasteiger charge is -2.51. The molecule has 0 atom stereocenters. The Bertz CT molecular complexity index is 568. The number of likely N-dealkylation sites (tertiary alicyclic amines) is 1. The Balaban J connectivity index is 1.51. The molecule has 3 aliphatic rings. The van der Waals surface area contributed by atoms with Gasteiger partial charge in [-0.25, -0.2) is 0 Å². The van der Waals surface area contributed by atoms with Crippen molar-refractivity contribution >= 4 is 5.91 Å². The summed E-state index contributed by atoms with van der Waals surface area (Å²) in [6.45, 7) is 6.12. The summed E-state index contributed by atoms with van der Waals surface area (Å²) in [6.07, 6.45) is 4.59. The topological polar surface area (TPSA) is 26.8 Å². The summed E-state index contributed by atoms with van der Waals surface area (Å²) in [4.78, 5) is 19.6. The fraction of sp³-hybridized carbons (Fsp3) is 0.650. The first-order valence-electron chi connectivity index (χ1n) is 9.47. The second-order valence-corrected chi connectivity index (χ2v) is 7.79. The van der Waals surface area contributed by atoms with Crippen molar-refractivity contribution in [3.05, 3.63) is 35.9 Å². The van der Waals surface area contributed by atoms with Gasteiger partial charge in [-0.2, -0.15) is 0 Å². The molecule has 3 fully saturated rings. The number of rotatable bonds is 3. The number of carbonyl (C=O) groups is 1. The highest BCUT2D eigenvalue weighted by molar-refractivity contribution is 5.81. The van der Waals surface area contributed by atoms with Gasteiger partial charge in [-0.3, -0.25) is 9.69 Å². The van der Waals surface area contributed by atoms with Gasteiger partial charge in [-0.15, -0.1) is 0 Å². The van der Waals surface area contributed by atoms with Crippen LogP contribution in [0.4, 0.5) is 0 Å². The minimum Gasteiger partial charge on any atom is -0.340 e. The summed E-state index contributed by atoms with van der Waals surface area (Å²) in [5.74, 6) is 0.759. The molecule has 130 valence electrons. The average molecular weight is 327 g/mol. The van der Waals surface area contributed by atoms with Gasteiger partial charge in [0, 0.05) is 37.6 Å². The van der Waals surface area contributed by atoms with Gasteiger partial charge in [0.15, 0.2) is 0 Å². The molecule has 24 heavy (non-hydrogen) atoms. The molecule has 1 amide bonds.